The monoisotopic (exact) mass is 909 g/mol. The molecule has 1 amide bonds. The number of likely N-dealkylation sites (tertiary alicyclic amines) is 1. The van der Waals surface area contributed by atoms with Crippen LogP contribution in [0.25, 0.3) is 16.5 Å². The van der Waals surface area contributed by atoms with E-state index < -0.39 is 37.2 Å². The number of rotatable bonds is 15. The zero-order valence-corrected chi connectivity index (χ0v) is 38.1. The summed E-state index contributed by atoms with van der Waals surface area (Å²) in [5.74, 6) is -1.15. The summed E-state index contributed by atoms with van der Waals surface area (Å²) in [6.45, 7) is 10.5. The van der Waals surface area contributed by atoms with Gasteiger partial charge in [0, 0.05) is 93.2 Å². The number of benzene rings is 4. The number of nitro groups is 1. The summed E-state index contributed by atoms with van der Waals surface area (Å²) in [4.78, 5) is 35.9. The Morgan fingerprint density at radius 1 is 0.953 bits per heavy atom. The Bertz CT molecular complexity index is 2620. The molecule has 0 bridgehead atoms. The topological polar surface area (TPSA) is 162 Å². The third kappa shape index (κ3) is 10.2. The fraction of sp³-hybridized carbons (Fsp3) is 0.396. The van der Waals surface area contributed by atoms with Crippen molar-refractivity contribution in [1.29, 1.82) is 0 Å². The second kappa shape index (κ2) is 19.3. The molecule has 8 rings (SSSR count). The molecule has 16 heteroatoms. The average Bonchev–Trinajstić information content (AvgIpc) is 3.78. The Labute approximate surface area is 379 Å². The first-order valence-electron chi connectivity index (χ1n) is 21.9. The molecule has 0 unspecified atom stereocenters. The number of nitrogens with one attached hydrogen (secondary N) is 3. The van der Waals surface area contributed by atoms with Gasteiger partial charge in [-0.05, 0) is 97.2 Å². The van der Waals surface area contributed by atoms with Gasteiger partial charge in [-0.15, -0.1) is 0 Å². The highest BCUT2D eigenvalue weighted by Gasteiger charge is 2.39. The highest BCUT2D eigenvalue weighted by Crippen LogP contribution is 2.50. The minimum absolute atomic E-state index is 0.113. The molecule has 3 aliphatic rings. The number of ether oxygens (including phenoxy) is 2. The van der Waals surface area contributed by atoms with Gasteiger partial charge in [0.1, 0.15) is 16.3 Å². The number of carbonyl (C=O) groups is 1. The van der Waals surface area contributed by atoms with Gasteiger partial charge in [-0.2, -0.15) is 0 Å². The van der Waals surface area contributed by atoms with Crippen LogP contribution in [-0.4, -0.2) is 106 Å². The second-order valence-corrected chi connectivity index (χ2v) is 19.8. The molecule has 2 saturated heterocycles. The van der Waals surface area contributed by atoms with Crippen LogP contribution in [0.15, 0.2) is 102 Å². The molecule has 64 heavy (non-hydrogen) atoms. The van der Waals surface area contributed by atoms with E-state index in [-0.39, 0.29) is 28.5 Å². The number of hydrogen-bond acceptors (Lipinski definition) is 11. The molecule has 14 nitrogen and oxygen atoms in total. The lowest BCUT2D eigenvalue weighted by Gasteiger charge is -2.40. The molecule has 3 N–H and O–H groups in total. The Balaban J connectivity index is 1.19. The number of carbonyl (C=O) groups excluding carboxylic acids is 1. The Morgan fingerprint density at radius 2 is 1.69 bits per heavy atom. The number of fused-ring (bicyclic) bond motifs is 1. The number of amides is 1. The predicted octanol–water partition coefficient (Wildman–Crippen LogP) is 8.95. The third-order valence-corrected chi connectivity index (χ3v) is 14.3. The van der Waals surface area contributed by atoms with Crippen LogP contribution in [0.2, 0.25) is 5.02 Å². The molecule has 3 heterocycles. The van der Waals surface area contributed by atoms with Gasteiger partial charge < -0.3 is 29.6 Å². The van der Waals surface area contributed by atoms with E-state index in [0.29, 0.717) is 67.2 Å². The summed E-state index contributed by atoms with van der Waals surface area (Å²) in [6.07, 6.45) is 6.11. The number of hydrogen-bond donors (Lipinski definition) is 3. The number of aromatic amines is 1. The van der Waals surface area contributed by atoms with E-state index in [1.54, 1.807) is 49.7 Å². The van der Waals surface area contributed by atoms with Crippen molar-refractivity contribution in [1.82, 2.24) is 19.5 Å². The van der Waals surface area contributed by atoms with Crippen molar-refractivity contribution in [3.63, 3.8) is 0 Å². The molecule has 338 valence electrons. The largest absolute Gasteiger partial charge is 0.448 e. The maximum absolute atomic E-state index is 14.6. The van der Waals surface area contributed by atoms with Gasteiger partial charge in [-0.3, -0.25) is 19.8 Å². The minimum Gasteiger partial charge on any atom is -0.448 e. The first-order chi connectivity index (χ1) is 30.8. The molecule has 5 aromatic rings. The van der Waals surface area contributed by atoms with Crippen molar-refractivity contribution < 1.29 is 27.6 Å². The minimum atomic E-state index is -4.79. The summed E-state index contributed by atoms with van der Waals surface area (Å²) < 4.78 is 43.2. The van der Waals surface area contributed by atoms with Crippen molar-refractivity contribution in [2.45, 2.75) is 56.9 Å². The number of allylic oxidation sites excluding steroid dienone is 1. The SMILES string of the molecule is COCCN1CCC(Nc2c(N3CCN(CC4=C(c5ccc(Cl)cc5)CC(C)(C)CC4)CC3)cc(S(=O)(=O)NC(=O)c3ccccc3)c(Oc3cccc4[nH]ccc34)c2[N+](=O)[O-])CC1. The molecule has 0 saturated carbocycles. The van der Waals surface area contributed by atoms with Gasteiger partial charge in [-0.25, -0.2) is 13.1 Å². The molecular formula is C48H56ClN7O7S. The summed E-state index contributed by atoms with van der Waals surface area (Å²) in [6, 6.07) is 24.3. The van der Waals surface area contributed by atoms with Crippen LogP contribution in [-0.2, 0) is 14.8 Å². The molecule has 1 aromatic heterocycles. The standard InChI is InChI=1S/C48H56ClN7O7S/c1-48(2)20-16-35(39(31-48)33-12-14-36(49)15-13-33)32-54-24-26-55(27-25-54)41-30-43(64(60,61)52-47(57)34-8-5-4-6-9-34)46(63-42-11-7-10-40-38(42)17-21-50-40)45(56(58)59)44(41)51-37-18-22-53(23-19-37)28-29-62-3/h4-15,17,21,30,37,50-51H,16,18-20,22-29,31-32H2,1-3H3,(H,52,57). The molecule has 0 radical (unpaired) electrons. The smallest absolute Gasteiger partial charge is 0.338 e. The molecule has 1 aliphatic carbocycles. The molecule has 0 atom stereocenters. The number of halogens is 1. The third-order valence-electron chi connectivity index (χ3n) is 12.8. The van der Waals surface area contributed by atoms with E-state index in [0.717, 1.165) is 45.4 Å². The van der Waals surface area contributed by atoms with E-state index in [1.807, 2.05) is 23.1 Å². The Morgan fingerprint density at radius 3 is 2.39 bits per heavy atom. The number of nitro benzene ring substituents is 1. The maximum Gasteiger partial charge on any atom is 0.338 e. The maximum atomic E-state index is 14.6. The van der Waals surface area contributed by atoms with Crippen LogP contribution in [0.3, 0.4) is 0 Å². The zero-order chi connectivity index (χ0) is 45.0. The number of aromatic nitrogens is 1. The lowest BCUT2D eigenvalue weighted by atomic mass is 9.72. The van der Waals surface area contributed by atoms with Crippen LogP contribution >= 0.6 is 11.6 Å². The first-order valence-corrected chi connectivity index (χ1v) is 23.8. The summed E-state index contributed by atoms with van der Waals surface area (Å²) in [5.41, 5.74) is 4.92. The fourth-order valence-electron chi connectivity index (χ4n) is 9.16. The molecule has 2 fully saturated rings. The highest BCUT2D eigenvalue weighted by molar-refractivity contribution is 7.90. The summed E-state index contributed by atoms with van der Waals surface area (Å²) in [5, 5.41) is 18.5. The Kier molecular flexibility index (Phi) is 13.6. The van der Waals surface area contributed by atoms with Crippen LogP contribution in [0.1, 0.15) is 61.9 Å². The lowest BCUT2D eigenvalue weighted by Crippen LogP contribution is -2.47. The van der Waals surface area contributed by atoms with Gasteiger partial charge in [0.05, 0.1) is 17.2 Å². The average molecular weight is 911 g/mol. The van der Waals surface area contributed by atoms with E-state index in [1.165, 1.54) is 34.9 Å². The number of piperazine rings is 1. The van der Waals surface area contributed by atoms with E-state index in [9.17, 15) is 23.3 Å². The van der Waals surface area contributed by atoms with Gasteiger partial charge in [0.15, 0.2) is 0 Å². The van der Waals surface area contributed by atoms with Gasteiger partial charge in [0.2, 0.25) is 5.75 Å². The number of anilines is 2. The fourth-order valence-corrected chi connectivity index (χ4v) is 10.4. The van der Waals surface area contributed by atoms with Crippen LogP contribution in [0.5, 0.6) is 11.5 Å². The molecule has 0 spiro atoms. The summed E-state index contributed by atoms with van der Waals surface area (Å²) in [7, 11) is -3.12. The first kappa shape index (κ1) is 45.1. The van der Waals surface area contributed by atoms with E-state index >= 15 is 0 Å². The van der Waals surface area contributed by atoms with Crippen LogP contribution in [0.4, 0.5) is 17.1 Å². The Hall–Kier alpha value is -5.45. The normalized spacial score (nSPS) is 17.7. The molecule has 4 aromatic carbocycles. The number of piperidine rings is 1. The van der Waals surface area contributed by atoms with Crippen molar-refractivity contribution >= 4 is 61.1 Å². The van der Waals surface area contributed by atoms with Gasteiger partial charge >= 0.3 is 5.69 Å². The van der Waals surface area contributed by atoms with Gasteiger partial charge in [-0.1, -0.05) is 67.4 Å². The van der Waals surface area contributed by atoms with Crippen LogP contribution in [0, 0.1) is 15.5 Å². The highest BCUT2D eigenvalue weighted by atomic mass is 35.5. The zero-order valence-electron chi connectivity index (χ0n) is 36.6. The van der Waals surface area contributed by atoms with Crippen LogP contribution < -0.4 is 19.7 Å². The van der Waals surface area contributed by atoms with Gasteiger partial charge in [0.25, 0.3) is 15.9 Å². The summed E-state index contributed by atoms with van der Waals surface area (Å²) >= 11 is 6.28. The van der Waals surface area contributed by atoms with Crippen molar-refractivity contribution in [3.05, 3.63) is 123 Å². The second-order valence-electron chi connectivity index (χ2n) is 17.7. The van der Waals surface area contributed by atoms with Crippen molar-refractivity contribution in [2.75, 3.05) is 76.3 Å². The predicted molar refractivity (Wildman–Crippen MR) is 252 cm³/mol. The molecule has 2 aliphatic heterocycles. The van der Waals surface area contributed by atoms with E-state index in [2.05, 4.69) is 50.8 Å². The molecular weight excluding hydrogens is 854 g/mol. The van der Waals surface area contributed by atoms with E-state index in [4.69, 9.17) is 21.1 Å². The quantitative estimate of drug-likeness (QED) is 0.0679. The number of sulfonamides is 1. The van der Waals surface area contributed by atoms with Crippen molar-refractivity contribution in [3.8, 4) is 11.5 Å². The number of methoxy groups -OCH3 is 1. The number of nitrogens with zero attached hydrogens (tertiary/aromatic N) is 4. The number of H-pyrrole nitrogens is 1. The lowest BCUT2D eigenvalue weighted by molar-refractivity contribution is -0.384. The van der Waals surface area contributed by atoms with Crippen molar-refractivity contribution in [2.24, 2.45) is 5.41 Å².